The molecule has 0 fully saturated rings. The molecule has 1 aliphatic heterocycles. The Kier molecular flexibility index (Phi) is 6.19. The molecule has 1 aliphatic rings. The molecule has 0 aromatic carbocycles. The average Bonchev–Trinajstić information content (AvgIpc) is 2.66. The molecule has 142 valence electrons. The SMILES string of the molecule is CCCCC1C=C(C)C(c2cc3cnc(NC(=O)COC)cc3cn2)=CN1. The number of rotatable bonds is 7. The van der Waals surface area contributed by atoms with Gasteiger partial charge in [-0.05, 0) is 31.1 Å². The lowest BCUT2D eigenvalue weighted by molar-refractivity contribution is -0.119. The Bertz CT molecular complexity index is 889. The normalized spacial score (nSPS) is 16.5. The number of carbonyl (C=O) groups is 1. The van der Waals surface area contributed by atoms with E-state index in [9.17, 15) is 4.79 Å². The number of anilines is 1. The monoisotopic (exact) mass is 366 g/mol. The molecule has 3 rings (SSSR count). The maximum atomic E-state index is 11.6. The smallest absolute Gasteiger partial charge is 0.251 e. The Labute approximate surface area is 159 Å². The van der Waals surface area contributed by atoms with Crippen molar-refractivity contribution < 1.29 is 9.53 Å². The minimum absolute atomic E-state index is 0.00290. The van der Waals surface area contributed by atoms with Gasteiger partial charge < -0.3 is 15.4 Å². The first-order valence-electron chi connectivity index (χ1n) is 9.30. The van der Waals surface area contributed by atoms with Crippen LogP contribution in [0.3, 0.4) is 0 Å². The summed E-state index contributed by atoms with van der Waals surface area (Å²) in [5.41, 5.74) is 3.25. The Balaban J connectivity index is 1.78. The molecule has 6 nitrogen and oxygen atoms in total. The Morgan fingerprint density at radius 3 is 2.78 bits per heavy atom. The lowest BCUT2D eigenvalue weighted by Gasteiger charge is -2.22. The van der Waals surface area contributed by atoms with E-state index < -0.39 is 0 Å². The van der Waals surface area contributed by atoms with Crippen LogP contribution in [-0.2, 0) is 9.53 Å². The zero-order chi connectivity index (χ0) is 19.2. The van der Waals surface area contributed by atoms with Gasteiger partial charge in [-0.3, -0.25) is 9.78 Å². The second kappa shape index (κ2) is 8.77. The van der Waals surface area contributed by atoms with E-state index in [1.807, 2.05) is 18.3 Å². The first-order chi connectivity index (χ1) is 13.1. The van der Waals surface area contributed by atoms with Crippen LogP contribution in [0.2, 0.25) is 0 Å². The molecule has 1 atom stereocenters. The number of nitrogens with one attached hydrogen (secondary N) is 2. The lowest BCUT2D eigenvalue weighted by Crippen LogP contribution is -2.25. The first kappa shape index (κ1) is 19.0. The number of fused-ring (bicyclic) bond motifs is 1. The minimum atomic E-state index is -0.231. The van der Waals surface area contributed by atoms with Crippen LogP contribution in [0, 0.1) is 0 Å². The summed E-state index contributed by atoms with van der Waals surface area (Å²) < 4.78 is 4.82. The summed E-state index contributed by atoms with van der Waals surface area (Å²) in [6, 6.07) is 4.24. The van der Waals surface area contributed by atoms with Crippen LogP contribution in [0.4, 0.5) is 5.82 Å². The van der Waals surface area contributed by atoms with Crippen molar-refractivity contribution in [1.29, 1.82) is 0 Å². The van der Waals surface area contributed by atoms with E-state index in [0.29, 0.717) is 11.9 Å². The first-order valence-corrected chi connectivity index (χ1v) is 9.30. The van der Waals surface area contributed by atoms with Gasteiger partial charge in [0.05, 0.1) is 5.69 Å². The van der Waals surface area contributed by atoms with Crippen LogP contribution in [-0.4, -0.2) is 35.6 Å². The summed E-state index contributed by atoms with van der Waals surface area (Å²) >= 11 is 0. The van der Waals surface area contributed by atoms with Gasteiger partial charge in [0.2, 0.25) is 0 Å². The van der Waals surface area contributed by atoms with Crippen molar-refractivity contribution in [2.45, 2.75) is 39.2 Å². The van der Waals surface area contributed by atoms with E-state index in [1.54, 1.807) is 6.20 Å². The van der Waals surface area contributed by atoms with Gasteiger partial charge in [-0.1, -0.05) is 25.8 Å². The van der Waals surface area contributed by atoms with E-state index in [2.05, 4.69) is 46.7 Å². The lowest BCUT2D eigenvalue weighted by atomic mass is 9.96. The van der Waals surface area contributed by atoms with Gasteiger partial charge in [-0.25, -0.2) is 4.98 Å². The zero-order valence-corrected chi connectivity index (χ0v) is 16.1. The molecule has 6 heteroatoms. The summed E-state index contributed by atoms with van der Waals surface area (Å²) in [5, 5.41) is 8.08. The number of allylic oxidation sites excluding steroid dienone is 2. The second-order valence-electron chi connectivity index (χ2n) is 6.79. The Morgan fingerprint density at radius 2 is 2.04 bits per heavy atom. The van der Waals surface area contributed by atoms with Crippen molar-refractivity contribution in [3.05, 3.63) is 48.1 Å². The molecule has 27 heavy (non-hydrogen) atoms. The van der Waals surface area contributed by atoms with Gasteiger partial charge in [0.15, 0.2) is 0 Å². The number of aromatic nitrogens is 2. The van der Waals surface area contributed by atoms with Crippen molar-refractivity contribution >= 4 is 28.1 Å². The molecule has 0 saturated carbocycles. The number of methoxy groups -OCH3 is 1. The van der Waals surface area contributed by atoms with Gasteiger partial charge in [-0.2, -0.15) is 0 Å². The highest BCUT2D eigenvalue weighted by molar-refractivity contribution is 5.94. The number of nitrogens with zero attached hydrogens (tertiary/aromatic N) is 2. The van der Waals surface area contributed by atoms with Gasteiger partial charge in [0.25, 0.3) is 5.91 Å². The van der Waals surface area contributed by atoms with Crippen LogP contribution < -0.4 is 10.6 Å². The molecular weight excluding hydrogens is 340 g/mol. The van der Waals surface area contributed by atoms with Crippen molar-refractivity contribution in [3.8, 4) is 0 Å². The highest BCUT2D eigenvalue weighted by Crippen LogP contribution is 2.27. The maximum absolute atomic E-state index is 11.6. The molecule has 2 aromatic rings. The third kappa shape index (κ3) is 4.71. The number of ether oxygens (including phenoxy) is 1. The van der Waals surface area contributed by atoms with Crippen molar-refractivity contribution in [2.24, 2.45) is 0 Å². The van der Waals surface area contributed by atoms with Crippen LogP contribution in [0.1, 0.15) is 38.8 Å². The summed E-state index contributed by atoms with van der Waals surface area (Å²) in [5.74, 6) is 0.262. The van der Waals surface area contributed by atoms with Crippen LogP contribution in [0.5, 0.6) is 0 Å². The topological polar surface area (TPSA) is 76.1 Å². The fourth-order valence-electron chi connectivity index (χ4n) is 3.17. The maximum Gasteiger partial charge on any atom is 0.251 e. The van der Waals surface area contributed by atoms with E-state index >= 15 is 0 Å². The summed E-state index contributed by atoms with van der Waals surface area (Å²) in [4.78, 5) is 20.6. The van der Waals surface area contributed by atoms with E-state index in [-0.39, 0.29) is 12.5 Å². The number of hydrogen-bond donors (Lipinski definition) is 2. The van der Waals surface area contributed by atoms with Crippen LogP contribution in [0.25, 0.3) is 16.3 Å². The molecule has 3 heterocycles. The van der Waals surface area contributed by atoms with Gasteiger partial charge in [-0.15, -0.1) is 0 Å². The molecule has 0 bridgehead atoms. The Hall–Kier alpha value is -2.73. The second-order valence-corrected chi connectivity index (χ2v) is 6.79. The van der Waals surface area contributed by atoms with Gasteiger partial charge in [0, 0.05) is 48.1 Å². The molecule has 0 spiro atoms. The summed E-state index contributed by atoms with van der Waals surface area (Å²) in [7, 11) is 1.48. The average molecular weight is 366 g/mol. The van der Waals surface area contributed by atoms with E-state index in [0.717, 1.165) is 28.5 Å². The molecule has 0 saturated heterocycles. The predicted octanol–water partition coefficient (Wildman–Crippen LogP) is 3.66. The molecule has 1 unspecified atom stereocenters. The zero-order valence-electron chi connectivity index (χ0n) is 16.1. The molecule has 0 radical (unpaired) electrons. The van der Waals surface area contributed by atoms with Crippen molar-refractivity contribution in [2.75, 3.05) is 19.0 Å². The van der Waals surface area contributed by atoms with E-state index in [4.69, 9.17) is 4.74 Å². The fraction of sp³-hybridized carbons (Fsp3) is 0.381. The number of hydrogen-bond acceptors (Lipinski definition) is 5. The molecule has 1 amide bonds. The summed E-state index contributed by atoms with van der Waals surface area (Å²) in [6.45, 7) is 4.34. The molecule has 2 N–H and O–H groups in total. The Morgan fingerprint density at radius 1 is 1.26 bits per heavy atom. The fourth-order valence-corrected chi connectivity index (χ4v) is 3.17. The standard InChI is InChI=1S/C21H26N4O2/c1-4-5-6-17-7-14(2)18(12-22-17)19-8-15-11-24-20(9-16(15)10-23-19)25-21(26)13-27-3/h7-12,17,22H,4-6,13H2,1-3H3,(H,24,25,26). The van der Waals surface area contributed by atoms with Crippen molar-refractivity contribution in [1.82, 2.24) is 15.3 Å². The quantitative estimate of drug-likeness (QED) is 0.782. The minimum Gasteiger partial charge on any atom is -0.384 e. The number of dihydropyridines is 1. The van der Waals surface area contributed by atoms with Crippen molar-refractivity contribution in [3.63, 3.8) is 0 Å². The number of unbranched alkanes of at least 4 members (excludes halogenated alkanes) is 1. The van der Waals surface area contributed by atoms with Gasteiger partial charge in [0.1, 0.15) is 12.4 Å². The number of carbonyl (C=O) groups excluding carboxylic acids is 1. The predicted molar refractivity (Wildman–Crippen MR) is 108 cm³/mol. The van der Waals surface area contributed by atoms with E-state index in [1.165, 1.54) is 25.5 Å². The number of amides is 1. The highest BCUT2D eigenvalue weighted by atomic mass is 16.5. The largest absolute Gasteiger partial charge is 0.384 e. The molecule has 2 aromatic heterocycles. The van der Waals surface area contributed by atoms with Gasteiger partial charge >= 0.3 is 0 Å². The molecular formula is C21H26N4O2. The van der Waals surface area contributed by atoms with Crippen LogP contribution in [0.15, 0.2) is 42.4 Å². The third-order valence-corrected chi connectivity index (χ3v) is 4.61. The van der Waals surface area contributed by atoms with Crippen LogP contribution >= 0.6 is 0 Å². The molecule has 0 aliphatic carbocycles. The summed E-state index contributed by atoms with van der Waals surface area (Å²) in [6.07, 6.45) is 11.5. The highest BCUT2D eigenvalue weighted by Gasteiger charge is 2.15. The third-order valence-electron chi connectivity index (χ3n) is 4.61. The number of pyridine rings is 2.